The minimum atomic E-state index is 0.0179. The van der Waals surface area contributed by atoms with Crippen LogP contribution in [0.3, 0.4) is 0 Å². The molecule has 3 heterocycles. The quantitative estimate of drug-likeness (QED) is 0.572. The van der Waals surface area contributed by atoms with E-state index in [2.05, 4.69) is 32.3 Å². The summed E-state index contributed by atoms with van der Waals surface area (Å²) >= 11 is 0. The molecule has 1 amide bonds. The molecule has 1 aromatic carbocycles. The highest BCUT2D eigenvalue weighted by molar-refractivity contribution is 5.93. The van der Waals surface area contributed by atoms with Crippen LogP contribution in [0.25, 0.3) is 10.9 Å². The Bertz CT molecular complexity index is 960. The maximum absolute atomic E-state index is 12.5. The van der Waals surface area contributed by atoms with Crippen LogP contribution in [0.5, 0.6) is 0 Å². The number of carbonyl (C=O) groups is 1. The van der Waals surface area contributed by atoms with Crippen molar-refractivity contribution in [2.24, 2.45) is 5.92 Å². The van der Waals surface area contributed by atoms with Gasteiger partial charge >= 0.3 is 0 Å². The predicted octanol–water partition coefficient (Wildman–Crippen LogP) is 3.73. The van der Waals surface area contributed by atoms with Crippen LogP contribution >= 0.6 is 0 Å². The van der Waals surface area contributed by atoms with E-state index in [1.165, 1.54) is 10.9 Å². The molecule has 0 unspecified atom stereocenters. The molecular formula is C23H28N4O2. The fourth-order valence-electron chi connectivity index (χ4n) is 4.06. The molecule has 6 heteroatoms. The van der Waals surface area contributed by atoms with E-state index in [0.717, 1.165) is 55.8 Å². The summed E-state index contributed by atoms with van der Waals surface area (Å²) in [6.07, 6.45) is 7.84. The molecule has 1 fully saturated rings. The minimum absolute atomic E-state index is 0.0179. The monoisotopic (exact) mass is 392 g/mol. The normalized spacial score (nSPS) is 15.0. The number of fused-ring (bicyclic) bond motifs is 1. The van der Waals surface area contributed by atoms with Crippen molar-refractivity contribution in [3.63, 3.8) is 0 Å². The van der Waals surface area contributed by atoms with Crippen LogP contribution in [0.2, 0.25) is 0 Å². The van der Waals surface area contributed by atoms with Gasteiger partial charge in [-0.3, -0.25) is 4.79 Å². The number of para-hydroxylation sites is 1. The number of hydrogen-bond acceptors (Lipinski definition) is 4. The van der Waals surface area contributed by atoms with Gasteiger partial charge in [-0.25, -0.2) is 4.98 Å². The molecule has 0 bridgehead atoms. The van der Waals surface area contributed by atoms with Crippen molar-refractivity contribution in [1.82, 2.24) is 9.97 Å². The molecule has 0 saturated carbocycles. The summed E-state index contributed by atoms with van der Waals surface area (Å²) in [5.74, 6) is 1.22. The van der Waals surface area contributed by atoms with Gasteiger partial charge in [-0.1, -0.05) is 18.2 Å². The fraction of sp³-hybridized carbons (Fsp3) is 0.391. The third-order valence-electron chi connectivity index (χ3n) is 5.76. The number of nitrogens with zero attached hydrogens (tertiary/aromatic N) is 2. The van der Waals surface area contributed by atoms with Gasteiger partial charge in [0.1, 0.15) is 0 Å². The summed E-state index contributed by atoms with van der Waals surface area (Å²) in [5.41, 5.74) is 3.16. The van der Waals surface area contributed by atoms with Crippen molar-refractivity contribution in [1.29, 1.82) is 0 Å². The number of benzene rings is 1. The second-order valence-corrected chi connectivity index (χ2v) is 7.75. The molecule has 0 radical (unpaired) electrons. The largest absolute Gasteiger partial charge is 0.396 e. The molecule has 4 rings (SSSR count). The molecule has 1 saturated heterocycles. The first-order valence-corrected chi connectivity index (χ1v) is 10.4. The van der Waals surface area contributed by atoms with Crippen LogP contribution in [0.1, 0.15) is 31.2 Å². The van der Waals surface area contributed by atoms with Gasteiger partial charge in [0, 0.05) is 49.4 Å². The molecule has 29 heavy (non-hydrogen) atoms. The number of anilines is 2. The molecule has 3 N–H and O–H groups in total. The summed E-state index contributed by atoms with van der Waals surface area (Å²) in [5, 5.41) is 13.6. The average molecular weight is 393 g/mol. The van der Waals surface area contributed by atoms with Crippen LogP contribution < -0.4 is 10.2 Å². The molecule has 6 nitrogen and oxygen atoms in total. The van der Waals surface area contributed by atoms with E-state index >= 15 is 0 Å². The zero-order valence-electron chi connectivity index (χ0n) is 16.6. The zero-order chi connectivity index (χ0) is 20.1. The second kappa shape index (κ2) is 9.09. The lowest BCUT2D eigenvalue weighted by atomic mass is 9.98. The van der Waals surface area contributed by atoms with Gasteiger partial charge in [0.15, 0.2) is 5.82 Å². The van der Waals surface area contributed by atoms with Gasteiger partial charge in [0.2, 0.25) is 5.91 Å². The van der Waals surface area contributed by atoms with Gasteiger partial charge in [-0.2, -0.15) is 0 Å². The Labute approximate surface area is 171 Å². The van der Waals surface area contributed by atoms with Crippen molar-refractivity contribution < 1.29 is 9.90 Å². The summed E-state index contributed by atoms with van der Waals surface area (Å²) in [7, 11) is 0. The van der Waals surface area contributed by atoms with Crippen molar-refractivity contribution in [2.45, 2.75) is 32.1 Å². The number of aliphatic hydroxyl groups is 1. The van der Waals surface area contributed by atoms with E-state index in [1.54, 1.807) is 6.20 Å². The molecule has 152 valence electrons. The molecular weight excluding hydrogens is 364 g/mol. The number of carbonyl (C=O) groups excluding carboxylic acids is 1. The molecule has 1 aliphatic heterocycles. The lowest BCUT2D eigenvalue weighted by Crippen LogP contribution is -2.35. The van der Waals surface area contributed by atoms with Crippen LogP contribution in [0.15, 0.2) is 48.8 Å². The molecule has 3 aromatic rings. The van der Waals surface area contributed by atoms with Gasteiger partial charge in [0.05, 0.1) is 5.69 Å². The van der Waals surface area contributed by atoms with Crippen LogP contribution in [-0.4, -0.2) is 40.7 Å². The zero-order valence-corrected chi connectivity index (χ0v) is 16.6. The van der Waals surface area contributed by atoms with E-state index in [4.69, 9.17) is 0 Å². The molecule has 1 aliphatic rings. The minimum Gasteiger partial charge on any atom is -0.396 e. The first-order valence-electron chi connectivity index (χ1n) is 10.4. The number of nitrogens with one attached hydrogen (secondary N) is 2. The standard InChI is InChI=1S/C23H28N4O2/c28-16-17-10-13-27(14-11-17)23-21(8-4-12-24-23)26-22(29)9-3-5-18-15-25-20-7-2-1-6-19(18)20/h1-2,4,6-8,12,15,17,25,28H,3,5,9-11,13-14,16H2,(H,26,29). The van der Waals surface area contributed by atoms with E-state index in [9.17, 15) is 9.90 Å². The summed E-state index contributed by atoms with van der Waals surface area (Å²) in [6, 6.07) is 12.0. The summed E-state index contributed by atoms with van der Waals surface area (Å²) in [6.45, 7) is 1.95. The highest BCUT2D eigenvalue weighted by Gasteiger charge is 2.21. The van der Waals surface area contributed by atoms with Crippen LogP contribution in [-0.2, 0) is 11.2 Å². The van der Waals surface area contributed by atoms with Gasteiger partial charge in [0.25, 0.3) is 0 Å². The Balaban J connectivity index is 1.33. The number of aliphatic hydroxyl groups excluding tert-OH is 1. The number of hydrogen-bond donors (Lipinski definition) is 3. The van der Waals surface area contributed by atoms with Crippen LogP contribution in [0, 0.1) is 5.92 Å². The van der Waals surface area contributed by atoms with E-state index < -0.39 is 0 Å². The van der Waals surface area contributed by atoms with Crippen LogP contribution in [0.4, 0.5) is 11.5 Å². The van der Waals surface area contributed by atoms with Crippen molar-refractivity contribution in [3.8, 4) is 0 Å². The maximum Gasteiger partial charge on any atom is 0.224 e. The molecule has 0 spiro atoms. The number of aryl methyl sites for hydroxylation is 1. The smallest absolute Gasteiger partial charge is 0.224 e. The Kier molecular flexibility index (Phi) is 6.10. The number of piperidine rings is 1. The number of aromatic nitrogens is 2. The third kappa shape index (κ3) is 4.59. The van der Waals surface area contributed by atoms with Gasteiger partial charge in [-0.05, 0) is 55.4 Å². The number of amides is 1. The summed E-state index contributed by atoms with van der Waals surface area (Å²) in [4.78, 5) is 22.5. The lowest BCUT2D eigenvalue weighted by molar-refractivity contribution is -0.116. The Morgan fingerprint density at radius 2 is 2.03 bits per heavy atom. The van der Waals surface area contributed by atoms with Crippen molar-refractivity contribution in [3.05, 3.63) is 54.4 Å². The first-order chi connectivity index (χ1) is 14.2. The molecule has 2 aromatic heterocycles. The predicted molar refractivity (Wildman–Crippen MR) is 116 cm³/mol. The fourth-order valence-corrected chi connectivity index (χ4v) is 4.06. The average Bonchev–Trinajstić information content (AvgIpc) is 3.17. The summed E-state index contributed by atoms with van der Waals surface area (Å²) < 4.78 is 0. The topological polar surface area (TPSA) is 81.2 Å². The Morgan fingerprint density at radius 3 is 2.86 bits per heavy atom. The second-order valence-electron chi connectivity index (χ2n) is 7.75. The Morgan fingerprint density at radius 1 is 1.21 bits per heavy atom. The molecule has 0 atom stereocenters. The molecule has 0 aliphatic carbocycles. The highest BCUT2D eigenvalue weighted by atomic mass is 16.3. The third-order valence-corrected chi connectivity index (χ3v) is 5.76. The van der Waals surface area contributed by atoms with E-state index in [-0.39, 0.29) is 12.5 Å². The van der Waals surface area contributed by atoms with Gasteiger partial charge < -0.3 is 20.3 Å². The van der Waals surface area contributed by atoms with Crippen molar-refractivity contribution in [2.75, 3.05) is 29.9 Å². The Hall–Kier alpha value is -2.86. The van der Waals surface area contributed by atoms with Gasteiger partial charge in [-0.15, -0.1) is 0 Å². The van der Waals surface area contributed by atoms with Crippen molar-refractivity contribution >= 4 is 28.3 Å². The number of rotatable bonds is 7. The lowest BCUT2D eigenvalue weighted by Gasteiger charge is -2.33. The SMILES string of the molecule is O=C(CCCc1c[nH]c2ccccc12)Nc1cccnc1N1CCC(CO)CC1. The van der Waals surface area contributed by atoms with E-state index in [0.29, 0.717) is 12.3 Å². The number of aromatic amines is 1. The first kappa shape index (κ1) is 19.5. The maximum atomic E-state index is 12.5. The number of pyridine rings is 1. The highest BCUT2D eigenvalue weighted by Crippen LogP contribution is 2.28. The number of H-pyrrole nitrogens is 1. The van der Waals surface area contributed by atoms with E-state index in [1.807, 2.05) is 30.5 Å².